The molecule has 88 valence electrons. The molecule has 0 atom stereocenters. The van der Waals surface area contributed by atoms with Crippen LogP contribution < -0.4 is 0 Å². The molecule has 0 aliphatic rings. The van der Waals surface area contributed by atoms with Gasteiger partial charge in [0.15, 0.2) is 0 Å². The van der Waals surface area contributed by atoms with Crippen molar-refractivity contribution in [2.45, 2.75) is 26.3 Å². The highest BCUT2D eigenvalue weighted by Crippen LogP contribution is 2.08. The molecule has 2 heteroatoms. The minimum absolute atomic E-state index is 0.888. The Morgan fingerprint density at radius 2 is 2.06 bits per heavy atom. The number of hydrogen-bond acceptors (Lipinski definition) is 1. The summed E-state index contributed by atoms with van der Waals surface area (Å²) in [5.74, 6) is 0. The van der Waals surface area contributed by atoms with Crippen molar-refractivity contribution >= 4 is 6.08 Å². The van der Waals surface area contributed by atoms with Crippen LogP contribution in [-0.2, 0) is 6.54 Å². The average Bonchev–Trinajstić information content (AvgIpc) is 2.85. The van der Waals surface area contributed by atoms with Gasteiger partial charge in [-0.3, -0.25) is 0 Å². The quantitative estimate of drug-likeness (QED) is 0.759. The zero-order chi connectivity index (χ0) is 11.9. The molecule has 2 nitrogen and oxygen atoms in total. The lowest BCUT2D eigenvalue weighted by Gasteiger charge is -2.02. The molecule has 17 heavy (non-hydrogen) atoms. The number of nitrogens with zero attached hydrogens (tertiary/aromatic N) is 2. The first-order chi connectivity index (χ1) is 8.38. The fraction of sp³-hybridized carbons (Fsp3) is 0.267. The highest BCUT2D eigenvalue weighted by molar-refractivity contribution is 5.49. The van der Waals surface area contributed by atoms with Crippen molar-refractivity contribution in [2.75, 3.05) is 0 Å². The molecule has 1 aromatic carbocycles. The Kier molecular flexibility index (Phi) is 4.14. The van der Waals surface area contributed by atoms with E-state index in [1.165, 1.54) is 17.5 Å². The van der Waals surface area contributed by atoms with Gasteiger partial charge in [0.05, 0.1) is 6.33 Å². The van der Waals surface area contributed by atoms with Crippen LogP contribution >= 0.6 is 0 Å². The predicted octanol–water partition coefficient (Wildman–Crippen LogP) is 3.74. The predicted molar refractivity (Wildman–Crippen MR) is 71.7 cm³/mol. The Labute approximate surface area is 103 Å². The highest BCUT2D eigenvalue weighted by atomic mass is 15.0. The van der Waals surface area contributed by atoms with E-state index < -0.39 is 0 Å². The molecule has 0 saturated carbocycles. The zero-order valence-corrected chi connectivity index (χ0v) is 10.2. The van der Waals surface area contributed by atoms with Gasteiger partial charge in [-0.15, -0.1) is 0 Å². The smallest absolute Gasteiger partial charge is 0.0949 e. The van der Waals surface area contributed by atoms with Gasteiger partial charge in [0.25, 0.3) is 0 Å². The first-order valence-corrected chi connectivity index (χ1v) is 6.09. The Balaban J connectivity index is 1.98. The molecule has 2 rings (SSSR count). The fourth-order valence-electron chi connectivity index (χ4n) is 1.71. The first-order valence-electron chi connectivity index (χ1n) is 6.09. The van der Waals surface area contributed by atoms with Crippen molar-refractivity contribution < 1.29 is 0 Å². The maximum absolute atomic E-state index is 4.04. The summed E-state index contributed by atoms with van der Waals surface area (Å²) < 4.78 is 2.07. The largest absolute Gasteiger partial charge is 0.333 e. The molecule has 0 aliphatic heterocycles. The van der Waals surface area contributed by atoms with Crippen LogP contribution in [0.5, 0.6) is 0 Å². The zero-order valence-electron chi connectivity index (χ0n) is 10.2. The van der Waals surface area contributed by atoms with Gasteiger partial charge in [-0.05, 0) is 17.5 Å². The van der Waals surface area contributed by atoms with E-state index in [-0.39, 0.29) is 0 Å². The molecule has 0 N–H and O–H groups in total. The molecule has 0 bridgehead atoms. The summed E-state index contributed by atoms with van der Waals surface area (Å²) >= 11 is 0. The van der Waals surface area contributed by atoms with Crippen LogP contribution in [0.25, 0.3) is 6.08 Å². The topological polar surface area (TPSA) is 17.8 Å². The normalized spacial score (nSPS) is 11.1. The van der Waals surface area contributed by atoms with E-state index in [1.54, 1.807) is 0 Å². The average molecular weight is 226 g/mol. The van der Waals surface area contributed by atoms with Crippen LogP contribution in [0.15, 0.2) is 49.1 Å². The second-order valence-corrected chi connectivity index (χ2v) is 4.17. The van der Waals surface area contributed by atoms with Crippen LogP contribution in [-0.4, -0.2) is 9.55 Å². The highest BCUT2D eigenvalue weighted by Gasteiger charge is 1.94. The summed E-state index contributed by atoms with van der Waals surface area (Å²) in [5, 5.41) is 0. The van der Waals surface area contributed by atoms with Crippen molar-refractivity contribution in [2.24, 2.45) is 0 Å². The molecule has 0 amide bonds. The number of imidazole rings is 1. The minimum atomic E-state index is 0.888. The maximum Gasteiger partial charge on any atom is 0.0949 e. The van der Waals surface area contributed by atoms with Gasteiger partial charge >= 0.3 is 0 Å². The van der Waals surface area contributed by atoms with Crippen molar-refractivity contribution in [3.05, 3.63) is 60.2 Å². The summed E-state index contributed by atoms with van der Waals surface area (Å²) in [6.07, 6.45) is 12.4. The van der Waals surface area contributed by atoms with Gasteiger partial charge in [0.2, 0.25) is 0 Å². The van der Waals surface area contributed by atoms with E-state index in [0.717, 1.165) is 13.0 Å². The lowest BCUT2D eigenvalue weighted by molar-refractivity contribution is 0.797. The van der Waals surface area contributed by atoms with Gasteiger partial charge in [-0.2, -0.15) is 0 Å². The van der Waals surface area contributed by atoms with E-state index >= 15 is 0 Å². The van der Waals surface area contributed by atoms with Crippen LogP contribution in [0.1, 0.15) is 30.9 Å². The lowest BCUT2D eigenvalue weighted by Crippen LogP contribution is -1.95. The van der Waals surface area contributed by atoms with Crippen LogP contribution in [0.4, 0.5) is 0 Å². The maximum atomic E-state index is 4.04. The molecular formula is C15H18N2. The molecule has 1 aromatic heterocycles. The summed E-state index contributed by atoms with van der Waals surface area (Å²) in [6.45, 7) is 3.08. The van der Waals surface area contributed by atoms with E-state index in [1.807, 2.05) is 18.7 Å². The number of benzene rings is 1. The number of allylic oxidation sites excluding steroid dienone is 1. The van der Waals surface area contributed by atoms with E-state index in [4.69, 9.17) is 0 Å². The van der Waals surface area contributed by atoms with Crippen LogP contribution in [0, 0.1) is 0 Å². The Hall–Kier alpha value is -1.83. The molecule has 0 unspecified atom stereocenters. The van der Waals surface area contributed by atoms with Crippen molar-refractivity contribution in [1.82, 2.24) is 9.55 Å². The monoisotopic (exact) mass is 226 g/mol. The van der Waals surface area contributed by atoms with Crippen molar-refractivity contribution in [1.29, 1.82) is 0 Å². The molecule has 1 heterocycles. The third kappa shape index (κ3) is 3.59. The summed E-state index contributed by atoms with van der Waals surface area (Å²) in [6, 6.07) is 8.67. The van der Waals surface area contributed by atoms with Gasteiger partial charge in [-0.1, -0.05) is 49.8 Å². The van der Waals surface area contributed by atoms with Gasteiger partial charge in [-0.25, -0.2) is 4.98 Å². The molecule has 0 fully saturated rings. The molecule has 2 aromatic rings. The van der Waals surface area contributed by atoms with Crippen LogP contribution in [0.3, 0.4) is 0 Å². The van der Waals surface area contributed by atoms with Gasteiger partial charge in [0.1, 0.15) is 0 Å². The first kappa shape index (κ1) is 11.6. The summed E-state index contributed by atoms with van der Waals surface area (Å²) in [7, 11) is 0. The van der Waals surface area contributed by atoms with Gasteiger partial charge < -0.3 is 4.57 Å². The third-order valence-electron chi connectivity index (χ3n) is 2.67. The number of aromatic nitrogens is 2. The second-order valence-electron chi connectivity index (χ2n) is 4.17. The van der Waals surface area contributed by atoms with E-state index in [0.29, 0.717) is 0 Å². The second kappa shape index (κ2) is 6.04. The number of rotatable bonds is 5. The Morgan fingerprint density at radius 3 is 2.71 bits per heavy atom. The Bertz CT molecular complexity index is 452. The minimum Gasteiger partial charge on any atom is -0.333 e. The fourth-order valence-corrected chi connectivity index (χ4v) is 1.71. The third-order valence-corrected chi connectivity index (χ3v) is 2.67. The van der Waals surface area contributed by atoms with E-state index in [9.17, 15) is 0 Å². The molecule has 0 aliphatic carbocycles. The van der Waals surface area contributed by atoms with Crippen LogP contribution in [0.2, 0.25) is 0 Å². The van der Waals surface area contributed by atoms with Gasteiger partial charge in [0, 0.05) is 18.9 Å². The van der Waals surface area contributed by atoms with E-state index in [2.05, 4.69) is 52.9 Å². The molecule has 0 radical (unpaired) electrons. The molecule has 0 saturated heterocycles. The molecular weight excluding hydrogens is 208 g/mol. The number of unbranched alkanes of at least 4 members (excludes halogenated alkanes) is 1. The SMILES string of the molecule is CCC/C=C/c1ccc(Cn2ccnc2)cc1. The standard InChI is InChI=1S/C15H18N2/c1-2-3-4-5-14-6-8-15(9-7-14)12-17-11-10-16-13-17/h4-11,13H,2-3,12H2,1H3/b5-4+. The molecule has 0 spiro atoms. The Morgan fingerprint density at radius 1 is 1.24 bits per heavy atom. The lowest BCUT2D eigenvalue weighted by atomic mass is 10.1. The van der Waals surface area contributed by atoms with Crippen molar-refractivity contribution in [3.63, 3.8) is 0 Å². The van der Waals surface area contributed by atoms with Crippen molar-refractivity contribution in [3.8, 4) is 0 Å². The summed E-state index contributed by atoms with van der Waals surface area (Å²) in [4.78, 5) is 4.04. The number of hydrogen-bond donors (Lipinski definition) is 0. The summed E-state index contributed by atoms with van der Waals surface area (Å²) in [5.41, 5.74) is 2.57.